The maximum absolute atomic E-state index is 5.81. The van der Waals surface area contributed by atoms with Gasteiger partial charge in [0.15, 0.2) is 0 Å². The molecule has 3 nitrogen and oxygen atoms in total. The van der Waals surface area contributed by atoms with Crippen LogP contribution in [-0.4, -0.2) is 11.5 Å². The highest BCUT2D eigenvalue weighted by molar-refractivity contribution is 7.09. The summed E-state index contributed by atoms with van der Waals surface area (Å²) in [5, 5.41) is 7.00. The quantitative estimate of drug-likeness (QED) is 0.881. The van der Waals surface area contributed by atoms with Gasteiger partial charge >= 0.3 is 0 Å². The van der Waals surface area contributed by atoms with E-state index in [4.69, 9.17) is 16.3 Å². The highest BCUT2D eigenvalue weighted by atomic mass is 35.5. The number of thiazole rings is 1. The number of nitrogens with zero attached hydrogens (tertiary/aromatic N) is 1. The number of halogens is 1. The number of aromatic nitrogens is 1. The Balaban J connectivity index is 1.86. The molecule has 0 fully saturated rings. The monoisotopic (exact) mass is 282 g/mol. The molecule has 1 aromatic carbocycles. The van der Waals surface area contributed by atoms with Gasteiger partial charge in [-0.1, -0.05) is 18.5 Å². The molecule has 0 saturated heterocycles. The van der Waals surface area contributed by atoms with E-state index in [0.717, 1.165) is 29.5 Å². The number of hydrogen-bond acceptors (Lipinski definition) is 4. The first-order valence-electron chi connectivity index (χ1n) is 5.80. The summed E-state index contributed by atoms with van der Waals surface area (Å²) in [5.41, 5.74) is 1.07. The van der Waals surface area contributed by atoms with Gasteiger partial charge in [0.25, 0.3) is 0 Å². The molecule has 0 spiro atoms. The fourth-order valence-electron chi connectivity index (χ4n) is 1.43. The van der Waals surface area contributed by atoms with E-state index in [0.29, 0.717) is 11.6 Å². The lowest BCUT2D eigenvalue weighted by Gasteiger charge is -2.03. The van der Waals surface area contributed by atoms with E-state index in [9.17, 15) is 0 Å². The van der Waals surface area contributed by atoms with Crippen molar-refractivity contribution in [2.75, 3.05) is 6.54 Å². The molecule has 1 aromatic heterocycles. The molecule has 0 aliphatic carbocycles. The Morgan fingerprint density at radius 1 is 1.33 bits per heavy atom. The van der Waals surface area contributed by atoms with Crippen LogP contribution in [-0.2, 0) is 13.2 Å². The molecule has 18 heavy (non-hydrogen) atoms. The normalized spacial score (nSPS) is 10.6. The standard InChI is InChI=1S/C13H15ClN2OS/c1-2-15-7-11-9-18-13(16-11)8-17-12-5-3-10(14)4-6-12/h3-6,9,15H,2,7-8H2,1H3. The van der Waals surface area contributed by atoms with E-state index in [1.165, 1.54) is 0 Å². The molecular formula is C13H15ClN2OS. The maximum atomic E-state index is 5.81. The summed E-state index contributed by atoms with van der Waals surface area (Å²) >= 11 is 7.43. The van der Waals surface area contributed by atoms with E-state index < -0.39 is 0 Å². The van der Waals surface area contributed by atoms with Gasteiger partial charge in [0, 0.05) is 16.9 Å². The highest BCUT2D eigenvalue weighted by Gasteiger charge is 2.02. The van der Waals surface area contributed by atoms with E-state index in [2.05, 4.69) is 22.6 Å². The molecule has 0 amide bonds. The van der Waals surface area contributed by atoms with Gasteiger partial charge in [0.05, 0.1) is 5.69 Å². The third-order valence-corrected chi connectivity index (χ3v) is 3.45. The molecule has 0 radical (unpaired) electrons. The van der Waals surface area contributed by atoms with E-state index >= 15 is 0 Å². The minimum Gasteiger partial charge on any atom is -0.486 e. The number of hydrogen-bond donors (Lipinski definition) is 1. The minimum absolute atomic E-state index is 0.498. The van der Waals surface area contributed by atoms with Gasteiger partial charge < -0.3 is 10.1 Å². The van der Waals surface area contributed by atoms with E-state index in [1.54, 1.807) is 11.3 Å². The van der Waals surface area contributed by atoms with Crippen molar-refractivity contribution < 1.29 is 4.74 Å². The van der Waals surface area contributed by atoms with Crippen molar-refractivity contribution in [2.45, 2.75) is 20.1 Å². The third-order valence-electron chi connectivity index (χ3n) is 2.33. The first-order chi connectivity index (χ1) is 8.78. The van der Waals surface area contributed by atoms with Gasteiger partial charge in [-0.2, -0.15) is 0 Å². The summed E-state index contributed by atoms with van der Waals surface area (Å²) in [6, 6.07) is 7.34. The molecule has 1 N–H and O–H groups in total. The highest BCUT2D eigenvalue weighted by Crippen LogP contribution is 2.18. The second-order valence-corrected chi connectivity index (χ2v) is 5.13. The van der Waals surface area contributed by atoms with Gasteiger partial charge in [-0.05, 0) is 30.8 Å². The molecule has 0 aliphatic rings. The maximum Gasteiger partial charge on any atom is 0.140 e. The van der Waals surface area contributed by atoms with Crippen molar-refractivity contribution >= 4 is 22.9 Å². The average Bonchev–Trinajstić information content (AvgIpc) is 2.84. The van der Waals surface area contributed by atoms with Crippen molar-refractivity contribution in [3.63, 3.8) is 0 Å². The zero-order valence-electron chi connectivity index (χ0n) is 10.1. The van der Waals surface area contributed by atoms with Gasteiger partial charge in [0.1, 0.15) is 17.4 Å². The predicted octanol–water partition coefficient (Wildman–Crippen LogP) is 3.49. The predicted molar refractivity (Wildman–Crippen MR) is 75.3 cm³/mol. The number of ether oxygens (including phenoxy) is 1. The summed E-state index contributed by atoms with van der Waals surface area (Å²) in [4.78, 5) is 4.49. The molecule has 2 aromatic rings. The topological polar surface area (TPSA) is 34.1 Å². The lowest BCUT2D eigenvalue weighted by atomic mass is 10.3. The van der Waals surface area contributed by atoms with Crippen LogP contribution in [0.3, 0.4) is 0 Å². The molecule has 0 aliphatic heterocycles. The van der Waals surface area contributed by atoms with Crippen LogP contribution in [0.5, 0.6) is 5.75 Å². The number of rotatable bonds is 6. The molecule has 0 bridgehead atoms. The van der Waals surface area contributed by atoms with Crippen molar-refractivity contribution in [3.8, 4) is 5.75 Å². The second kappa shape index (κ2) is 6.73. The van der Waals surface area contributed by atoms with Crippen molar-refractivity contribution in [2.24, 2.45) is 0 Å². The lowest BCUT2D eigenvalue weighted by molar-refractivity contribution is 0.305. The van der Waals surface area contributed by atoms with Crippen LogP contribution in [0.15, 0.2) is 29.6 Å². The molecule has 1 heterocycles. The molecule has 96 valence electrons. The summed E-state index contributed by atoms with van der Waals surface area (Å²) in [6.07, 6.45) is 0. The summed E-state index contributed by atoms with van der Waals surface area (Å²) in [6.45, 7) is 4.34. The van der Waals surface area contributed by atoms with Crippen LogP contribution in [0.25, 0.3) is 0 Å². The first-order valence-corrected chi connectivity index (χ1v) is 7.06. The number of benzene rings is 1. The SMILES string of the molecule is CCNCc1csc(COc2ccc(Cl)cc2)n1. The Hall–Kier alpha value is -1.10. The van der Waals surface area contributed by atoms with Crippen LogP contribution in [0.1, 0.15) is 17.6 Å². The smallest absolute Gasteiger partial charge is 0.140 e. The summed E-state index contributed by atoms with van der Waals surface area (Å²) in [5.74, 6) is 0.808. The van der Waals surface area contributed by atoms with Crippen LogP contribution in [0.2, 0.25) is 5.02 Å². The van der Waals surface area contributed by atoms with Gasteiger partial charge in [-0.15, -0.1) is 11.3 Å². The van der Waals surface area contributed by atoms with Crippen LogP contribution < -0.4 is 10.1 Å². The van der Waals surface area contributed by atoms with Crippen LogP contribution >= 0.6 is 22.9 Å². The van der Waals surface area contributed by atoms with Crippen molar-refractivity contribution in [1.82, 2.24) is 10.3 Å². The average molecular weight is 283 g/mol. The molecule has 5 heteroatoms. The molecule has 0 unspecified atom stereocenters. The Morgan fingerprint density at radius 3 is 2.83 bits per heavy atom. The van der Waals surface area contributed by atoms with Crippen LogP contribution in [0.4, 0.5) is 0 Å². The molecular weight excluding hydrogens is 268 g/mol. The van der Waals surface area contributed by atoms with E-state index in [-0.39, 0.29) is 0 Å². The largest absolute Gasteiger partial charge is 0.486 e. The molecule has 2 rings (SSSR count). The van der Waals surface area contributed by atoms with Crippen molar-refractivity contribution in [1.29, 1.82) is 0 Å². The molecule has 0 saturated carbocycles. The summed E-state index contributed by atoms with van der Waals surface area (Å²) < 4.78 is 5.63. The Labute approximate surface area is 116 Å². The zero-order valence-corrected chi connectivity index (χ0v) is 11.7. The number of nitrogens with one attached hydrogen (secondary N) is 1. The lowest BCUT2D eigenvalue weighted by Crippen LogP contribution is -2.12. The Bertz CT molecular complexity index is 484. The van der Waals surface area contributed by atoms with Gasteiger partial charge in [0.2, 0.25) is 0 Å². The van der Waals surface area contributed by atoms with E-state index in [1.807, 2.05) is 24.3 Å². The van der Waals surface area contributed by atoms with Gasteiger partial charge in [-0.3, -0.25) is 0 Å². The minimum atomic E-state index is 0.498. The Kier molecular flexibility index (Phi) is 4.99. The first kappa shape index (κ1) is 13.3. The zero-order chi connectivity index (χ0) is 12.8. The summed E-state index contributed by atoms with van der Waals surface area (Å²) in [7, 11) is 0. The van der Waals surface area contributed by atoms with Crippen LogP contribution in [0, 0.1) is 0 Å². The Morgan fingerprint density at radius 2 is 2.11 bits per heavy atom. The van der Waals surface area contributed by atoms with Gasteiger partial charge in [-0.25, -0.2) is 4.98 Å². The fraction of sp³-hybridized carbons (Fsp3) is 0.308. The molecule has 0 atom stereocenters. The second-order valence-electron chi connectivity index (χ2n) is 3.76. The van der Waals surface area contributed by atoms with Crippen molar-refractivity contribution in [3.05, 3.63) is 45.4 Å². The third kappa shape index (κ3) is 3.98. The fourth-order valence-corrected chi connectivity index (χ4v) is 2.26.